The second-order valence-corrected chi connectivity index (χ2v) is 4.92. The third kappa shape index (κ3) is 58.2. The van der Waals surface area contributed by atoms with Gasteiger partial charge in [0.05, 0.1) is 0 Å². The molecule has 0 spiro atoms. The fourth-order valence-corrected chi connectivity index (χ4v) is 0. The normalized spacial score (nSPS) is 16.5. The third-order valence-corrected chi connectivity index (χ3v) is 0.354. The smallest absolute Gasteiger partial charge is 0.0664 e. The molecule has 50 valence electrons. The quantitative estimate of drug-likeness (QED) is 0.517. The van der Waals surface area contributed by atoms with Crippen molar-refractivity contribution in [3.63, 3.8) is 0 Å². The Balaban J connectivity index is 0.000000135. The highest BCUT2D eigenvalue weighted by molar-refractivity contribution is 6.83. The Hall–Kier alpha value is 1.16. The summed E-state index contributed by atoms with van der Waals surface area (Å²) in [5.74, 6) is 0. The summed E-state index contributed by atoms with van der Waals surface area (Å²) < 4.78 is -1.61. The predicted octanol–water partition coefficient (Wildman–Crippen LogP) is 3.72. The first-order chi connectivity index (χ1) is 3.50. The van der Waals surface area contributed by atoms with Crippen LogP contribution in [0.15, 0.2) is 0 Å². The lowest BCUT2D eigenvalue weighted by molar-refractivity contribution is 1.50. The molecule has 0 aromatic carbocycles. The predicted molar refractivity (Wildman–Crippen MR) is 40.0 cm³/mol. The van der Waals surface area contributed by atoms with Gasteiger partial charge in [0.15, 0.2) is 0 Å². The van der Waals surface area contributed by atoms with Crippen molar-refractivity contribution < 1.29 is 0 Å². The van der Waals surface area contributed by atoms with Crippen molar-refractivity contribution >= 4 is 46.4 Å². The molecule has 1 rings (SSSR count). The summed E-state index contributed by atoms with van der Waals surface area (Å²) in [7, 11) is 0. The number of hydrogen-bond acceptors (Lipinski definition) is 0. The first kappa shape index (κ1) is 9.16. The Bertz CT molecular complexity index is 44.8. The minimum atomic E-state index is -1.61. The van der Waals surface area contributed by atoms with E-state index in [2.05, 4.69) is 0 Å². The Morgan fingerprint density at radius 2 is 0.875 bits per heavy atom. The molecular formula is C4H6Cl4. The van der Waals surface area contributed by atoms with E-state index in [1.807, 2.05) is 0 Å². The summed E-state index contributed by atoms with van der Waals surface area (Å²) in [6, 6.07) is 0. The van der Waals surface area contributed by atoms with Gasteiger partial charge in [0.2, 0.25) is 0 Å². The second kappa shape index (κ2) is 4.05. The lowest BCUT2D eigenvalue weighted by Crippen LogP contribution is -1.81. The van der Waals surface area contributed by atoms with E-state index in [0.717, 1.165) is 0 Å². The van der Waals surface area contributed by atoms with Gasteiger partial charge in [0.1, 0.15) is 0 Å². The van der Waals surface area contributed by atoms with Gasteiger partial charge < -0.3 is 0 Å². The van der Waals surface area contributed by atoms with E-state index >= 15 is 0 Å². The van der Waals surface area contributed by atoms with Crippen molar-refractivity contribution in [2.45, 2.75) is 22.5 Å². The maximum Gasteiger partial charge on any atom is 0.266 e. The highest BCUT2D eigenvalue weighted by Gasteiger charge is 2.11. The molecule has 1 fully saturated rings. The largest absolute Gasteiger partial charge is 0.266 e. The average molecular weight is 196 g/mol. The van der Waals surface area contributed by atoms with Gasteiger partial charge in [-0.15, -0.1) is 0 Å². The van der Waals surface area contributed by atoms with E-state index < -0.39 is 3.25 Å². The van der Waals surface area contributed by atoms with Crippen LogP contribution in [0.4, 0.5) is 0 Å². The molecule has 0 aromatic rings. The lowest BCUT2D eigenvalue weighted by Gasteiger charge is -1.91. The zero-order valence-corrected chi connectivity index (χ0v) is 7.16. The Labute approximate surface area is 69.0 Å². The van der Waals surface area contributed by atoms with Crippen LogP contribution in [0, 0.1) is 0 Å². The van der Waals surface area contributed by atoms with Gasteiger partial charge in [0.25, 0.3) is 3.25 Å². The molecule has 0 unspecified atom stereocenters. The van der Waals surface area contributed by atoms with Crippen LogP contribution in [0.25, 0.3) is 0 Å². The van der Waals surface area contributed by atoms with Crippen LogP contribution < -0.4 is 0 Å². The standard InChI is InChI=1S/C3H6.CCl4/c1-2-3-1;2-1(3,4)5/h1-3H2;. The zero-order valence-electron chi connectivity index (χ0n) is 4.13. The highest BCUT2D eigenvalue weighted by Crippen LogP contribution is 2.29. The van der Waals surface area contributed by atoms with E-state index in [1.165, 1.54) is 19.3 Å². The summed E-state index contributed by atoms with van der Waals surface area (Å²) in [5, 5.41) is 0. The van der Waals surface area contributed by atoms with E-state index in [4.69, 9.17) is 46.4 Å². The number of rotatable bonds is 0. The minimum absolute atomic E-state index is 1.50. The van der Waals surface area contributed by atoms with E-state index in [1.54, 1.807) is 0 Å². The van der Waals surface area contributed by atoms with Gasteiger partial charge in [0, 0.05) is 0 Å². The molecule has 1 aliphatic rings. The van der Waals surface area contributed by atoms with Crippen molar-refractivity contribution in [1.82, 2.24) is 0 Å². The van der Waals surface area contributed by atoms with E-state index in [0.29, 0.717) is 0 Å². The van der Waals surface area contributed by atoms with E-state index in [-0.39, 0.29) is 0 Å². The van der Waals surface area contributed by atoms with E-state index in [9.17, 15) is 0 Å². The number of alkyl halides is 4. The first-order valence-electron chi connectivity index (χ1n) is 2.26. The molecule has 0 radical (unpaired) electrons. The number of hydrogen-bond donors (Lipinski definition) is 0. The molecule has 8 heavy (non-hydrogen) atoms. The molecular weight excluding hydrogens is 190 g/mol. The SMILES string of the molecule is C1CC1.ClC(Cl)(Cl)Cl. The van der Waals surface area contributed by atoms with Crippen LogP contribution in [0.1, 0.15) is 19.3 Å². The van der Waals surface area contributed by atoms with Crippen molar-refractivity contribution in [2.24, 2.45) is 0 Å². The number of halogens is 4. The van der Waals surface area contributed by atoms with Gasteiger partial charge in [-0.3, -0.25) is 0 Å². The lowest BCUT2D eigenvalue weighted by atomic mass is 11.0. The Morgan fingerprint density at radius 1 is 0.750 bits per heavy atom. The van der Waals surface area contributed by atoms with Gasteiger partial charge in [-0.2, -0.15) is 0 Å². The monoisotopic (exact) mass is 194 g/mol. The topological polar surface area (TPSA) is 0 Å². The fourth-order valence-electron chi connectivity index (χ4n) is 0. The maximum atomic E-state index is 4.83. The average Bonchev–Trinajstić information content (AvgIpc) is 1.95. The maximum absolute atomic E-state index is 4.83. The molecule has 1 saturated carbocycles. The van der Waals surface area contributed by atoms with Crippen LogP contribution in [0.5, 0.6) is 0 Å². The van der Waals surface area contributed by atoms with Crippen LogP contribution in [-0.2, 0) is 0 Å². The van der Waals surface area contributed by atoms with Gasteiger partial charge in [-0.25, -0.2) is 0 Å². The first-order valence-corrected chi connectivity index (χ1v) is 3.77. The molecule has 0 atom stereocenters. The summed E-state index contributed by atoms with van der Waals surface area (Å²) in [6.45, 7) is 0. The molecule has 0 aromatic heterocycles. The molecule has 0 nitrogen and oxygen atoms in total. The molecule has 0 aliphatic heterocycles. The molecule has 0 N–H and O–H groups in total. The molecule has 0 heterocycles. The van der Waals surface area contributed by atoms with Crippen molar-refractivity contribution in [3.8, 4) is 0 Å². The molecule has 1 aliphatic carbocycles. The van der Waals surface area contributed by atoms with Gasteiger partial charge in [-0.1, -0.05) is 65.7 Å². The fraction of sp³-hybridized carbons (Fsp3) is 1.00. The summed E-state index contributed by atoms with van der Waals surface area (Å²) >= 11 is 19.3. The zero-order chi connectivity index (χ0) is 6.62. The summed E-state index contributed by atoms with van der Waals surface area (Å²) in [4.78, 5) is 0. The Kier molecular flexibility index (Phi) is 4.64. The van der Waals surface area contributed by atoms with Crippen LogP contribution >= 0.6 is 46.4 Å². The van der Waals surface area contributed by atoms with Crippen molar-refractivity contribution in [2.75, 3.05) is 0 Å². The van der Waals surface area contributed by atoms with Crippen molar-refractivity contribution in [3.05, 3.63) is 0 Å². The van der Waals surface area contributed by atoms with Crippen LogP contribution in [0.2, 0.25) is 0 Å². The van der Waals surface area contributed by atoms with Gasteiger partial charge >= 0.3 is 0 Å². The van der Waals surface area contributed by atoms with Crippen LogP contribution in [0.3, 0.4) is 0 Å². The second-order valence-electron chi connectivity index (χ2n) is 1.49. The highest BCUT2D eigenvalue weighted by atomic mass is 35.6. The van der Waals surface area contributed by atoms with Crippen molar-refractivity contribution in [1.29, 1.82) is 0 Å². The third-order valence-electron chi connectivity index (χ3n) is 0.354. The summed E-state index contributed by atoms with van der Waals surface area (Å²) in [6.07, 6.45) is 4.50. The molecule has 0 saturated heterocycles. The van der Waals surface area contributed by atoms with Crippen LogP contribution in [-0.4, -0.2) is 3.25 Å². The van der Waals surface area contributed by atoms with Gasteiger partial charge in [-0.05, 0) is 0 Å². The molecule has 4 heteroatoms. The Morgan fingerprint density at radius 3 is 0.875 bits per heavy atom. The molecule has 0 amide bonds. The minimum Gasteiger partial charge on any atom is -0.0664 e. The summed E-state index contributed by atoms with van der Waals surface area (Å²) in [5.41, 5.74) is 0. The molecule has 0 bridgehead atoms.